The zero-order valence-electron chi connectivity index (χ0n) is 15.7. The average molecular weight is 383 g/mol. The lowest BCUT2D eigenvalue weighted by Gasteiger charge is -2.20. The summed E-state index contributed by atoms with van der Waals surface area (Å²) in [5.41, 5.74) is 1.78. The standard InChI is InChI=1S/C21H25N3O4/c25-20(23-14-18-7-4-12-27-18)19(13-16-5-2-1-3-6-16)24-21(26)28-15-17-8-10-22-11-9-17/h1-3,5-6,8-11,18-19H,4,7,12-15H2,(H,23,25)(H,24,26)/t18-,19?/m1/s1. The van der Waals surface area contributed by atoms with E-state index in [1.54, 1.807) is 24.5 Å². The van der Waals surface area contributed by atoms with Gasteiger partial charge in [0, 0.05) is 32.0 Å². The number of ether oxygens (including phenoxy) is 2. The van der Waals surface area contributed by atoms with Gasteiger partial charge in [0.15, 0.2) is 0 Å². The molecule has 0 saturated carbocycles. The van der Waals surface area contributed by atoms with E-state index in [0.717, 1.165) is 30.6 Å². The molecule has 2 amide bonds. The lowest BCUT2D eigenvalue weighted by atomic mass is 10.1. The molecule has 0 radical (unpaired) electrons. The van der Waals surface area contributed by atoms with Crippen LogP contribution in [0.5, 0.6) is 0 Å². The maximum Gasteiger partial charge on any atom is 0.408 e. The fourth-order valence-electron chi connectivity index (χ4n) is 3.01. The van der Waals surface area contributed by atoms with Crippen molar-refractivity contribution in [2.75, 3.05) is 13.2 Å². The van der Waals surface area contributed by atoms with Crippen molar-refractivity contribution in [1.29, 1.82) is 0 Å². The number of pyridine rings is 1. The largest absolute Gasteiger partial charge is 0.445 e. The number of amides is 2. The maximum absolute atomic E-state index is 12.7. The molecule has 3 rings (SSSR count). The van der Waals surface area contributed by atoms with Crippen LogP contribution in [0.3, 0.4) is 0 Å². The molecule has 1 fully saturated rings. The van der Waals surface area contributed by atoms with Crippen molar-refractivity contribution in [2.24, 2.45) is 0 Å². The van der Waals surface area contributed by atoms with Gasteiger partial charge in [0.05, 0.1) is 6.10 Å². The fourth-order valence-corrected chi connectivity index (χ4v) is 3.01. The molecule has 28 heavy (non-hydrogen) atoms. The van der Waals surface area contributed by atoms with Crippen LogP contribution in [-0.4, -0.2) is 42.3 Å². The summed E-state index contributed by atoms with van der Waals surface area (Å²) in [5, 5.41) is 5.56. The van der Waals surface area contributed by atoms with Gasteiger partial charge < -0.3 is 20.1 Å². The first-order chi connectivity index (χ1) is 13.7. The summed E-state index contributed by atoms with van der Waals surface area (Å²) < 4.78 is 10.8. The molecule has 1 aromatic carbocycles. The quantitative estimate of drug-likeness (QED) is 0.730. The molecule has 7 heteroatoms. The summed E-state index contributed by atoms with van der Waals surface area (Å²) >= 11 is 0. The minimum Gasteiger partial charge on any atom is -0.445 e. The summed E-state index contributed by atoms with van der Waals surface area (Å²) in [6.07, 6.45) is 4.99. The van der Waals surface area contributed by atoms with Crippen LogP contribution in [-0.2, 0) is 27.3 Å². The molecule has 0 spiro atoms. The van der Waals surface area contributed by atoms with Gasteiger partial charge in [-0.15, -0.1) is 0 Å². The zero-order chi connectivity index (χ0) is 19.6. The number of rotatable bonds is 8. The van der Waals surface area contributed by atoms with E-state index in [2.05, 4.69) is 15.6 Å². The van der Waals surface area contributed by atoms with Crippen LogP contribution in [0, 0.1) is 0 Å². The predicted octanol–water partition coefficient (Wildman–Crippen LogP) is 2.21. The van der Waals surface area contributed by atoms with Crippen LogP contribution < -0.4 is 10.6 Å². The van der Waals surface area contributed by atoms with Gasteiger partial charge in [-0.1, -0.05) is 30.3 Å². The minimum atomic E-state index is -0.728. The normalized spacial score (nSPS) is 16.9. The summed E-state index contributed by atoms with van der Waals surface area (Å²) in [4.78, 5) is 28.8. The molecule has 1 aliphatic rings. The number of nitrogens with one attached hydrogen (secondary N) is 2. The Bertz CT molecular complexity index is 749. The van der Waals surface area contributed by atoms with Crippen molar-refractivity contribution in [1.82, 2.24) is 15.6 Å². The predicted molar refractivity (Wildman–Crippen MR) is 103 cm³/mol. The van der Waals surface area contributed by atoms with Crippen LogP contribution >= 0.6 is 0 Å². The molecule has 0 bridgehead atoms. The summed E-state index contributed by atoms with van der Waals surface area (Å²) in [6, 6.07) is 12.4. The number of hydrogen-bond donors (Lipinski definition) is 2. The van der Waals surface area contributed by atoms with Gasteiger partial charge in [0.2, 0.25) is 5.91 Å². The lowest BCUT2D eigenvalue weighted by Crippen LogP contribution is -2.49. The van der Waals surface area contributed by atoms with E-state index in [1.165, 1.54) is 0 Å². The summed E-state index contributed by atoms with van der Waals surface area (Å²) in [5.74, 6) is -0.250. The monoisotopic (exact) mass is 383 g/mol. The second-order valence-corrected chi connectivity index (χ2v) is 6.70. The molecule has 1 aromatic heterocycles. The van der Waals surface area contributed by atoms with Gasteiger partial charge >= 0.3 is 6.09 Å². The molecule has 2 atom stereocenters. The van der Waals surface area contributed by atoms with Crippen molar-refractivity contribution >= 4 is 12.0 Å². The van der Waals surface area contributed by atoms with Crippen molar-refractivity contribution in [3.05, 3.63) is 66.0 Å². The third-order valence-electron chi connectivity index (χ3n) is 4.54. The van der Waals surface area contributed by atoms with Crippen molar-refractivity contribution < 1.29 is 19.1 Å². The number of carbonyl (C=O) groups excluding carboxylic acids is 2. The van der Waals surface area contributed by atoms with Crippen LogP contribution in [0.1, 0.15) is 24.0 Å². The van der Waals surface area contributed by atoms with E-state index in [0.29, 0.717) is 13.0 Å². The van der Waals surface area contributed by atoms with E-state index in [1.807, 2.05) is 30.3 Å². The van der Waals surface area contributed by atoms with E-state index >= 15 is 0 Å². The van der Waals surface area contributed by atoms with E-state index in [4.69, 9.17) is 9.47 Å². The Morgan fingerprint density at radius 3 is 2.64 bits per heavy atom. The Balaban J connectivity index is 1.56. The van der Waals surface area contributed by atoms with Crippen molar-refractivity contribution in [3.8, 4) is 0 Å². The highest BCUT2D eigenvalue weighted by Crippen LogP contribution is 2.11. The number of nitrogens with zero attached hydrogens (tertiary/aromatic N) is 1. The highest BCUT2D eigenvalue weighted by atomic mass is 16.5. The number of benzene rings is 1. The highest BCUT2D eigenvalue weighted by Gasteiger charge is 2.24. The molecule has 1 unspecified atom stereocenters. The molecule has 0 aliphatic carbocycles. The molecular weight excluding hydrogens is 358 g/mol. The number of carbonyl (C=O) groups is 2. The third kappa shape index (κ3) is 6.35. The first-order valence-electron chi connectivity index (χ1n) is 9.46. The minimum absolute atomic E-state index is 0.0416. The number of alkyl carbamates (subject to hydrolysis) is 1. The Morgan fingerprint density at radius 2 is 1.93 bits per heavy atom. The van der Waals surface area contributed by atoms with Crippen molar-refractivity contribution in [2.45, 2.75) is 38.0 Å². The Labute approximate surface area is 164 Å². The number of hydrogen-bond acceptors (Lipinski definition) is 5. The van der Waals surface area contributed by atoms with Gasteiger partial charge in [0.1, 0.15) is 12.6 Å². The van der Waals surface area contributed by atoms with Crippen LogP contribution in [0.2, 0.25) is 0 Å². The number of aromatic nitrogens is 1. The summed E-state index contributed by atoms with van der Waals surface area (Å²) in [7, 11) is 0. The smallest absolute Gasteiger partial charge is 0.408 e. The molecule has 2 heterocycles. The zero-order valence-corrected chi connectivity index (χ0v) is 15.7. The molecule has 2 aromatic rings. The SMILES string of the molecule is O=C(NC(Cc1ccccc1)C(=O)NC[C@H]1CCCO1)OCc1ccncc1. The summed E-state index contributed by atoms with van der Waals surface area (Å²) in [6.45, 7) is 1.29. The lowest BCUT2D eigenvalue weighted by molar-refractivity contribution is -0.123. The van der Waals surface area contributed by atoms with Gasteiger partial charge in [-0.2, -0.15) is 0 Å². The first-order valence-corrected chi connectivity index (χ1v) is 9.46. The van der Waals surface area contributed by atoms with E-state index in [-0.39, 0.29) is 18.6 Å². The molecular formula is C21H25N3O4. The topological polar surface area (TPSA) is 89.6 Å². The second-order valence-electron chi connectivity index (χ2n) is 6.70. The van der Waals surface area contributed by atoms with E-state index in [9.17, 15) is 9.59 Å². The van der Waals surface area contributed by atoms with Gasteiger partial charge in [-0.3, -0.25) is 9.78 Å². The average Bonchev–Trinajstić information content (AvgIpc) is 3.25. The maximum atomic E-state index is 12.7. The Morgan fingerprint density at radius 1 is 1.14 bits per heavy atom. The fraction of sp³-hybridized carbons (Fsp3) is 0.381. The van der Waals surface area contributed by atoms with Crippen molar-refractivity contribution in [3.63, 3.8) is 0 Å². The van der Waals surface area contributed by atoms with Crippen LogP contribution in [0.25, 0.3) is 0 Å². The van der Waals surface area contributed by atoms with Gasteiger partial charge in [0.25, 0.3) is 0 Å². The highest BCUT2D eigenvalue weighted by molar-refractivity contribution is 5.85. The Kier molecular flexibility index (Phi) is 7.37. The Hall–Kier alpha value is -2.93. The molecule has 148 valence electrons. The third-order valence-corrected chi connectivity index (χ3v) is 4.54. The van der Waals surface area contributed by atoms with Crippen LogP contribution in [0.4, 0.5) is 4.79 Å². The first kappa shape index (κ1) is 19.8. The van der Waals surface area contributed by atoms with Gasteiger partial charge in [-0.05, 0) is 36.1 Å². The van der Waals surface area contributed by atoms with E-state index < -0.39 is 12.1 Å². The molecule has 1 saturated heterocycles. The molecule has 2 N–H and O–H groups in total. The molecule has 1 aliphatic heterocycles. The second kappa shape index (κ2) is 10.4. The van der Waals surface area contributed by atoms with Crippen LogP contribution in [0.15, 0.2) is 54.9 Å². The molecule has 7 nitrogen and oxygen atoms in total. The van der Waals surface area contributed by atoms with Gasteiger partial charge in [-0.25, -0.2) is 4.79 Å².